The van der Waals surface area contributed by atoms with Gasteiger partial charge in [0.2, 0.25) is 0 Å². The van der Waals surface area contributed by atoms with Crippen molar-refractivity contribution in [2.45, 2.75) is 44.2 Å². The Labute approximate surface area is 135 Å². The van der Waals surface area contributed by atoms with E-state index in [0.29, 0.717) is 25.4 Å². The summed E-state index contributed by atoms with van der Waals surface area (Å²) in [5.41, 5.74) is -1.23. The topological polar surface area (TPSA) is 56.7 Å². The Morgan fingerprint density at radius 2 is 2.32 bits per heavy atom. The smallest absolute Gasteiger partial charge is 0.255 e. The Hall–Kier alpha value is -0.980. The predicted octanol–water partition coefficient (Wildman–Crippen LogP) is 1.73. The van der Waals surface area contributed by atoms with Gasteiger partial charge >= 0.3 is 0 Å². The van der Waals surface area contributed by atoms with Gasteiger partial charge < -0.3 is 10.0 Å². The van der Waals surface area contributed by atoms with E-state index in [2.05, 4.69) is 4.98 Å². The van der Waals surface area contributed by atoms with Gasteiger partial charge in [-0.1, -0.05) is 6.42 Å². The van der Waals surface area contributed by atoms with Crippen LogP contribution in [0.4, 0.5) is 0 Å². The van der Waals surface area contributed by atoms with Crippen LogP contribution >= 0.6 is 11.3 Å². The van der Waals surface area contributed by atoms with Gasteiger partial charge in [0.25, 0.3) is 5.91 Å². The second-order valence-electron chi connectivity index (χ2n) is 6.78. The Morgan fingerprint density at radius 3 is 2.95 bits per heavy atom. The molecule has 1 aromatic heterocycles. The molecule has 0 aromatic carbocycles. The van der Waals surface area contributed by atoms with Gasteiger partial charge in [0, 0.05) is 31.2 Å². The molecule has 0 spiro atoms. The third-order valence-corrected chi connectivity index (χ3v) is 5.59. The van der Waals surface area contributed by atoms with Crippen molar-refractivity contribution in [3.8, 4) is 0 Å². The van der Waals surface area contributed by atoms with E-state index in [-0.39, 0.29) is 5.91 Å². The Bertz CT molecular complexity index is 503. The summed E-state index contributed by atoms with van der Waals surface area (Å²) in [6.45, 7) is 2.69. The van der Waals surface area contributed by atoms with Crippen LogP contribution in [0.5, 0.6) is 0 Å². The van der Waals surface area contributed by atoms with Crippen LogP contribution in [0.15, 0.2) is 11.6 Å². The van der Waals surface area contributed by atoms with Crippen LogP contribution < -0.4 is 0 Å². The molecule has 22 heavy (non-hydrogen) atoms. The van der Waals surface area contributed by atoms with Crippen LogP contribution in [0.1, 0.15) is 37.1 Å². The summed E-state index contributed by atoms with van der Waals surface area (Å²) in [7, 11) is 1.94. The van der Waals surface area contributed by atoms with Gasteiger partial charge in [0.1, 0.15) is 5.01 Å². The first-order valence-corrected chi connectivity index (χ1v) is 9.03. The number of aromatic nitrogens is 1. The minimum Gasteiger partial charge on any atom is -0.379 e. The number of amides is 1. The molecule has 1 atom stereocenters. The van der Waals surface area contributed by atoms with E-state index < -0.39 is 5.60 Å². The first kappa shape index (κ1) is 15.9. The number of hydrogen-bond acceptors (Lipinski definition) is 5. The van der Waals surface area contributed by atoms with Crippen molar-refractivity contribution in [3.05, 3.63) is 16.6 Å². The van der Waals surface area contributed by atoms with Gasteiger partial charge in [0.05, 0.1) is 6.54 Å². The highest BCUT2D eigenvalue weighted by Crippen LogP contribution is 2.30. The molecular formula is C16H25N3O2S. The van der Waals surface area contributed by atoms with Crippen LogP contribution in [-0.4, -0.2) is 58.1 Å². The van der Waals surface area contributed by atoms with Crippen molar-refractivity contribution in [3.63, 3.8) is 0 Å². The molecule has 1 aliphatic carbocycles. The highest BCUT2D eigenvalue weighted by atomic mass is 32.1. The summed E-state index contributed by atoms with van der Waals surface area (Å²) < 4.78 is 0. The molecule has 2 aliphatic rings. The van der Waals surface area contributed by atoms with Crippen LogP contribution in [0.3, 0.4) is 0 Å². The minimum atomic E-state index is -1.23. The van der Waals surface area contributed by atoms with Gasteiger partial charge in [-0.25, -0.2) is 4.98 Å². The number of rotatable bonds is 6. The lowest BCUT2D eigenvalue weighted by Gasteiger charge is -2.42. The Morgan fingerprint density at radius 1 is 1.50 bits per heavy atom. The van der Waals surface area contributed by atoms with Gasteiger partial charge in [-0.2, -0.15) is 0 Å². The summed E-state index contributed by atoms with van der Waals surface area (Å²) >= 11 is 1.60. The predicted molar refractivity (Wildman–Crippen MR) is 86.6 cm³/mol. The molecule has 2 heterocycles. The van der Waals surface area contributed by atoms with Gasteiger partial charge in [-0.15, -0.1) is 11.3 Å². The highest BCUT2D eigenvalue weighted by molar-refractivity contribution is 7.09. The average molecular weight is 323 g/mol. The number of carbonyl (C=O) groups excluding carboxylic acids is 1. The van der Waals surface area contributed by atoms with Gasteiger partial charge in [-0.05, 0) is 38.6 Å². The zero-order valence-electron chi connectivity index (χ0n) is 13.2. The largest absolute Gasteiger partial charge is 0.379 e. The van der Waals surface area contributed by atoms with Crippen molar-refractivity contribution in [1.82, 2.24) is 14.8 Å². The number of aliphatic hydroxyl groups is 1. The summed E-state index contributed by atoms with van der Waals surface area (Å²) in [6.07, 6.45) is 6.98. The molecular weight excluding hydrogens is 298 g/mol. The molecule has 0 unspecified atom stereocenters. The fourth-order valence-corrected chi connectivity index (χ4v) is 4.13. The van der Waals surface area contributed by atoms with Crippen LogP contribution in [-0.2, 0) is 11.3 Å². The standard InChI is InChI=1S/C16H25N3O2S/c1-18(11-14-17-7-9-22-14)12-16(21)6-3-8-19(15(16)20)10-13-4-2-5-13/h7,9,13,21H,2-6,8,10-12H2,1H3/t16-/m1/s1. The summed E-state index contributed by atoms with van der Waals surface area (Å²) in [4.78, 5) is 20.9. The Balaban J connectivity index is 1.58. The molecule has 2 fully saturated rings. The first-order chi connectivity index (χ1) is 10.6. The number of likely N-dealkylation sites (N-methyl/N-ethyl adjacent to an activating group) is 1. The average Bonchev–Trinajstić information content (AvgIpc) is 2.91. The molecule has 1 saturated heterocycles. The molecule has 1 saturated carbocycles. The normalized spacial score (nSPS) is 26.5. The molecule has 1 aromatic rings. The lowest BCUT2D eigenvalue weighted by Crippen LogP contribution is -2.59. The van der Waals surface area contributed by atoms with Crippen molar-refractivity contribution >= 4 is 17.2 Å². The van der Waals surface area contributed by atoms with E-state index in [1.807, 2.05) is 22.2 Å². The van der Waals surface area contributed by atoms with E-state index in [4.69, 9.17) is 0 Å². The van der Waals surface area contributed by atoms with Crippen molar-refractivity contribution in [2.24, 2.45) is 5.92 Å². The second-order valence-corrected chi connectivity index (χ2v) is 7.76. The maximum atomic E-state index is 12.7. The Kier molecular flexibility index (Phi) is 4.80. The molecule has 6 heteroatoms. The summed E-state index contributed by atoms with van der Waals surface area (Å²) in [6, 6.07) is 0. The van der Waals surface area contributed by atoms with E-state index in [1.165, 1.54) is 19.3 Å². The number of nitrogens with zero attached hydrogens (tertiary/aromatic N) is 3. The van der Waals surface area contributed by atoms with Crippen molar-refractivity contribution < 1.29 is 9.90 Å². The molecule has 1 N–H and O–H groups in total. The number of likely N-dealkylation sites (tertiary alicyclic amines) is 1. The molecule has 0 bridgehead atoms. The zero-order valence-corrected chi connectivity index (χ0v) is 14.0. The zero-order chi connectivity index (χ0) is 15.6. The van der Waals surface area contributed by atoms with Crippen LogP contribution in [0, 0.1) is 5.92 Å². The summed E-state index contributed by atoms with van der Waals surface area (Å²) in [5, 5.41) is 13.8. The van der Waals surface area contributed by atoms with Crippen LogP contribution in [0.2, 0.25) is 0 Å². The monoisotopic (exact) mass is 323 g/mol. The molecule has 1 amide bonds. The quantitative estimate of drug-likeness (QED) is 0.866. The SMILES string of the molecule is CN(Cc1nccs1)C[C@]1(O)CCCN(CC2CCC2)C1=O. The fourth-order valence-electron chi connectivity index (χ4n) is 3.44. The molecule has 0 radical (unpaired) electrons. The van der Waals surface area contributed by atoms with Gasteiger partial charge in [0.15, 0.2) is 5.60 Å². The third-order valence-electron chi connectivity index (χ3n) is 4.83. The van der Waals surface area contributed by atoms with Crippen LogP contribution in [0.25, 0.3) is 0 Å². The minimum absolute atomic E-state index is 0.0726. The number of thiazole rings is 1. The van der Waals surface area contributed by atoms with E-state index >= 15 is 0 Å². The number of piperidine rings is 1. The first-order valence-electron chi connectivity index (χ1n) is 8.15. The maximum Gasteiger partial charge on any atom is 0.255 e. The fraction of sp³-hybridized carbons (Fsp3) is 0.750. The molecule has 122 valence electrons. The van der Waals surface area contributed by atoms with Crippen molar-refractivity contribution in [2.75, 3.05) is 26.7 Å². The summed E-state index contributed by atoms with van der Waals surface area (Å²) in [5.74, 6) is 0.580. The van der Waals surface area contributed by atoms with E-state index in [1.54, 1.807) is 17.5 Å². The lowest BCUT2D eigenvalue weighted by atomic mass is 9.83. The molecule has 3 rings (SSSR count). The molecule has 5 nitrogen and oxygen atoms in total. The molecule has 1 aliphatic heterocycles. The van der Waals surface area contributed by atoms with E-state index in [9.17, 15) is 9.90 Å². The van der Waals surface area contributed by atoms with Crippen molar-refractivity contribution in [1.29, 1.82) is 0 Å². The second kappa shape index (κ2) is 6.64. The highest BCUT2D eigenvalue weighted by Gasteiger charge is 2.43. The maximum absolute atomic E-state index is 12.7. The van der Waals surface area contributed by atoms with Gasteiger partial charge in [-0.3, -0.25) is 9.69 Å². The third kappa shape index (κ3) is 3.50. The number of carbonyl (C=O) groups is 1. The van der Waals surface area contributed by atoms with E-state index in [0.717, 1.165) is 24.5 Å². The number of hydrogen-bond donors (Lipinski definition) is 1. The lowest BCUT2D eigenvalue weighted by molar-refractivity contribution is -0.160.